The molecule has 7 heteroatoms. The highest BCUT2D eigenvalue weighted by atomic mass is 16.5. The molecule has 2 unspecified atom stereocenters. The van der Waals surface area contributed by atoms with Crippen LogP contribution in [0.5, 0.6) is 0 Å². The Balaban J connectivity index is 1.81. The number of aliphatic imine (C=N–C) groups is 1. The molecule has 126 valence electrons. The van der Waals surface area contributed by atoms with Crippen LogP contribution in [0.15, 0.2) is 4.99 Å². The molecule has 0 radical (unpaired) electrons. The van der Waals surface area contributed by atoms with Gasteiger partial charge in [0.1, 0.15) is 6.10 Å². The second-order valence-corrected chi connectivity index (χ2v) is 5.92. The molecule has 0 aliphatic carbocycles. The van der Waals surface area contributed by atoms with Crippen LogP contribution in [0.1, 0.15) is 19.3 Å². The molecule has 2 aliphatic rings. The van der Waals surface area contributed by atoms with Gasteiger partial charge in [-0.25, -0.2) is 0 Å². The maximum absolute atomic E-state index is 11.6. The molecule has 22 heavy (non-hydrogen) atoms. The van der Waals surface area contributed by atoms with Crippen LogP contribution in [0.2, 0.25) is 0 Å². The Kier molecular flexibility index (Phi) is 6.45. The minimum atomic E-state index is 0.109. The van der Waals surface area contributed by atoms with E-state index in [2.05, 4.69) is 15.2 Å². The van der Waals surface area contributed by atoms with Crippen molar-refractivity contribution in [3.8, 4) is 0 Å². The van der Waals surface area contributed by atoms with Gasteiger partial charge in [-0.2, -0.15) is 0 Å². The van der Waals surface area contributed by atoms with Crippen LogP contribution in [0.4, 0.5) is 0 Å². The van der Waals surface area contributed by atoms with Gasteiger partial charge >= 0.3 is 0 Å². The number of carbonyl (C=O) groups is 1. The van der Waals surface area contributed by atoms with Gasteiger partial charge in [0.05, 0.1) is 12.7 Å². The van der Waals surface area contributed by atoms with Crippen LogP contribution in [0.25, 0.3) is 0 Å². The monoisotopic (exact) mass is 312 g/mol. The molecule has 7 nitrogen and oxygen atoms in total. The van der Waals surface area contributed by atoms with Gasteiger partial charge in [0, 0.05) is 53.8 Å². The van der Waals surface area contributed by atoms with Gasteiger partial charge in [0.25, 0.3) is 0 Å². The van der Waals surface area contributed by atoms with Gasteiger partial charge in [-0.3, -0.25) is 9.79 Å². The average Bonchev–Trinajstić information content (AvgIpc) is 3.06. The lowest BCUT2D eigenvalue weighted by Gasteiger charge is -2.37. The summed E-state index contributed by atoms with van der Waals surface area (Å²) in [7, 11) is 5.31. The fraction of sp³-hybridized carbons (Fsp3) is 0.867. The van der Waals surface area contributed by atoms with Gasteiger partial charge in [0.2, 0.25) is 5.91 Å². The van der Waals surface area contributed by atoms with E-state index in [9.17, 15) is 4.79 Å². The van der Waals surface area contributed by atoms with Gasteiger partial charge in [-0.05, 0) is 12.8 Å². The second kappa shape index (κ2) is 8.33. The Bertz CT molecular complexity index is 394. The van der Waals surface area contributed by atoms with Crippen molar-refractivity contribution in [3.63, 3.8) is 0 Å². The van der Waals surface area contributed by atoms with Crippen molar-refractivity contribution < 1.29 is 14.3 Å². The SMILES string of the molecule is CN=C(NCCC(=O)N(C)C)N1CCOC(C2CCCO2)C1. The molecule has 1 N–H and O–H groups in total. The molecular weight excluding hydrogens is 284 g/mol. The molecule has 2 heterocycles. The van der Waals surface area contributed by atoms with Crippen molar-refractivity contribution in [2.75, 3.05) is 54.0 Å². The number of carbonyl (C=O) groups excluding carboxylic acids is 1. The maximum atomic E-state index is 11.6. The van der Waals surface area contributed by atoms with Crippen molar-refractivity contribution >= 4 is 11.9 Å². The summed E-state index contributed by atoms with van der Waals surface area (Å²) >= 11 is 0. The topological polar surface area (TPSA) is 66.4 Å². The molecule has 0 aromatic heterocycles. The van der Waals surface area contributed by atoms with Crippen molar-refractivity contribution in [1.29, 1.82) is 0 Å². The van der Waals surface area contributed by atoms with Crippen LogP contribution in [-0.4, -0.2) is 87.9 Å². The first-order valence-electron chi connectivity index (χ1n) is 8.00. The van der Waals surface area contributed by atoms with Crippen molar-refractivity contribution in [1.82, 2.24) is 15.1 Å². The summed E-state index contributed by atoms with van der Waals surface area (Å²) in [6, 6.07) is 0. The Morgan fingerprint density at radius 2 is 2.09 bits per heavy atom. The molecule has 0 aromatic carbocycles. The lowest BCUT2D eigenvalue weighted by Crippen LogP contribution is -2.53. The molecule has 2 saturated heterocycles. The van der Waals surface area contributed by atoms with Crippen LogP contribution >= 0.6 is 0 Å². The molecule has 0 saturated carbocycles. The predicted molar refractivity (Wildman–Crippen MR) is 85.0 cm³/mol. The minimum Gasteiger partial charge on any atom is -0.375 e. The molecule has 0 aromatic rings. The molecule has 2 atom stereocenters. The number of nitrogens with zero attached hydrogens (tertiary/aromatic N) is 3. The van der Waals surface area contributed by atoms with E-state index in [0.717, 1.165) is 38.5 Å². The highest BCUT2D eigenvalue weighted by Gasteiger charge is 2.32. The number of ether oxygens (including phenoxy) is 2. The molecule has 0 spiro atoms. The zero-order chi connectivity index (χ0) is 15.9. The summed E-state index contributed by atoms with van der Waals surface area (Å²) in [5, 5.41) is 3.27. The van der Waals surface area contributed by atoms with E-state index in [4.69, 9.17) is 9.47 Å². The standard InChI is InChI=1S/C15H28N4O3/c1-16-15(17-7-6-14(20)18(2)3)19-8-10-22-13(11-19)12-5-4-9-21-12/h12-13H,4-11H2,1-3H3,(H,16,17). The molecule has 2 rings (SSSR count). The highest BCUT2D eigenvalue weighted by Crippen LogP contribution is 2.20. The lowest BCUT2D eigenvalue weighted by atomic mass is 10.1. The molecule has 2 fully saturated rings. The Hall–Kier alpha value is -1.34. The first-order valence-corrected chi connectivity index (χ1v) is 8.00. The van der Waals surface area contributed by atoms with Gasteiger partial charge in [0.15, 0.2) is 5.96 Å². The summed E-state index contributed by atoms with van der Waals surface area (Å²) in [6.45, 7) is 3.70. The van der Waals surface area contributed by atoms with E-state index < -0.39 is 0 Å². The summed E-state index contributed by atoms with van der Waals surface area (Å²) in [5.74, 6) is 0.944. The first-order chi connectivity index (χ1) is 10.6. The lowest BCUT2D eigenvalue weighted by molar-refractivity contribution is -0.128. The number of hydrogen-bond acceptors (Lipinski definition) is 4. The van der Waals surface area contributed by atoms with E-state index in [1.165, 1.54) is 0 Å². The normalized spacial score (nSPS) is 26.1. The predicted octanol–water partition coefficient (Wildman–Crippen LogP) is -0.0801. The summed E-state index contributed by atoms with van der Waals surface area (Å²) in [5.41, 5.74) is 0. The number of guanidine groups is 1. The molecular formula is C15H28N4O3. The molecule has 2 aliphatic heterocycles. The number of amides is 1. The third-order valence-electron chi connectivity index (χ3n) is 4.11. The quantitative estimate of drug-likeness (QED) is 0.581. The van der Waals surface area contributed by atoms with E-state index in [1.807, 2.05) is 0 Å². The highest BCUT2D eigenvalue weighted by molar-refractivity contribution is 5.81. The summed E-state index contributed by atoms with van der Waals surface area (Å²) in [4.78, 5) is 19.7. The Morgan fingerprint density at radius 1 is 1.32 bits per heavy atom. The third-order valence-corrected chi connectivity index (χ3v) is 4.11. The van der Waals surface area contributed by atoms with E-state index in [0.29, 0.717) is 19.6 Å². The Morgan fingerprint density at radius 3 is 2.73 bits per heavy atom. The van der Waals surface area contributed by atoms with Crippen LogP contribution in [-0.2, 0) is 14.3 Å². The first kappa shape index (κ1) is 17.0. The van der Waals surface area contributed by atoms with E-state index in [-0.39, 0.29) is 18.1 Å². The average molecular weight is 312 g/mol. The summed E-state index contributed by atoms with van der Waals surface area (Å²) < 4.78 is 11.6. The van der Waals surface area contributed by atoms with E-state index in [1.54, 1.807) is 26.0 Å². The zero-order valence-electron chi connectivity index (χ0n) is 13.9. The third kappa shape index (κ3) is 4.58. The van der Waals surface area contributed by atoms with E-state index >= 15 is 0 Å². The van der Waals surface area contributed by atoms with Crippen molar-refractivity contribution in [2.45, 2.75) is 31.5 Å². The zero-order valence-corrected chi connectivity index (χ0v) is 13.9. The largest absolute Gasteiger partial charge is 0.375 e. The maximum Gasteiger partial charge on any atom is 0.223 e. The van der Waals surface area contributed by atoms with Crippen LogP contribution < -0.4 is 5.32 Å². The molecule has 0 bridgehead atoms. The second-order valence-electron chi connectivity index (χ2n) is 5.92. The molecule has 1 amide bonds. The summed E-state index contributed by atoms with van der Waals surface area (Å²) in [6.07, 6.45) is 2.96. The van der Waals surface area contributed by atoms with Crippen LogP contribution in [0.3, 0.4) is 0 Å². The van der Waals surface area contributed by atoms with Gasteiger partial charge < -0.3 is 24.6 Å². The van der Waals surface area contributed by atoms with Gasteiger partial charge in [-0.1, -0.05) is 0 Å². The van der Waals surface area contributed by atoms with Crippen LogP contribution in [0, 0.1) is 0 Å². The number of hydrogen-bond donors (Lipinski definition) is 1. The van der Waals surface area contributed by atoms with Crippen molar-refractivity contribution in [3.05, 3.63) is 0 Å². The number of nitrogens with one attached hydrogen (secondary N) is 1. The Labute approximate surface area is 132 Å². The number of morpholine rings is 1. The van der Waals surface area contributed by atoms with Crippen molar-refractivity contribution in [2.24, 2.45) is 4.99 Å². The smallest absolute Gasteiger partial charge is 0.223 e. The van der Waals surface area contributed by atoms with Gasteiger partial charge in [-0.15, -0.1) is 0 Å². The fourth-order valence-electron chi connectivity index (χ4n) is 2.83. The number of rotatable bonds is 4. The fourth-order valence-corrected chi connectivity index (χ4v) is 2.83. The minimum absolute atomic E-state index is 0.109.